The summed E-state index contributed by atoms with van der Waals surface area (Å²) in [5, 5.41) is 11.9. The van der Waals surface area contributed by atoms with E-state index in [0.717, 1.165) is 11.1 Å². The summed E-state index contributed by atoms with van der Waals surface area (Å²) in [6, 6.07) is 23.2. The molecule has 0 atom stereocenters. The number of benzene rings is 3. The van der Waals surface area contributed by atoms with E-state index in [1.165, 1.54) is 12.1 Å². The van der Waals surface area contributed by atoms with Crippen molar-refractivity contribution >= 4 is 22.6 Å². The van der Waals surface area contributed by atoms with E-state index in [1.807, 2.05) is 60.7 Å². The second kappa shape index (κ2) is 8.13. The molecule has 1 aromatic heterocycles. The summed E-state index contributed by atoms with van der Waals surface area (Å²) in [5.41, 5.74) is 3.36. The van der Waals surface area contributed by atoms with Gasteiger partial charge in [-0.1, -0.05) is 60.7 Å². The van der Waals surface area contributed by atoms with E-state index < -0.39 is 10.9 Å². The number of fused-ring (bicyclic) bond motifs is 1. The average Bonchev–Trinajstić information content (AvgIpc) is 2.78. The Morgan fingerprint density at radius 1 is 0.967 bits per heavy atom. The Kier molecular flexibility index (Phi) is 5.22. The van der Waals surface area contributed by atoms with Crippen molar-refractivity contribution in [3.8, 4) is 22.4 Å². The lowest BCUT2D eigenvalue weighted by atomic mass is 9.91. The number of nitro groups is 1. The molecule has 148 valence electrons. The number of carbonyl (C=O) groups excluding carboxylic acids is 1. The number of hydrogen-bond donors (Lipinski definition) is 0. The Bertz CT molecular complexity index is 1240. The molecule has 0 saturated heterocycles. The first-order valence-corrected chi connectivity index (χ1v) is 9.50. The van der Waals surface area contributed by atoms with Gasteiger partial charge >= 0.3 is 5.97 Å². The molecule has 0 saturated carbocycles. The first-order valence-electron chi connectivity index (χ1n) is 9.50. The Morgan fingerprint density at radius 2 is 1.60 bits per heavy atom. The van der Waals surface area contributed by atoms with Gasteiger partial charge in [0.05, 0.1) is 28.3 Å². The van der Waals surface area contributed by atoms with Gasteiger partial charge in [-0.15, -0.1) is 0 Å². The number of pyridine rings is 1. The van der Waals surface area contributed by atoms with Gasteiger partial charge < -0.3 is 4.74 Å². The maximum Gasteiger partial charge on any atom is 0.341 e. The molecule has 30 heavy (non-hydrogen) atoms. The van der Waals surface area contributed by atoms with Crippen molar-refractivity contribution in [2.24, 2.45) is 0 Å². The van der Waals surface area contributed by atoms with E-state index in [9.17, 15) is 14.9 Å². The summed E-state index contributed by atoms with van der Waals surface area (Å²) in [4.78, 5) is 28.8. The van der Waals surface area contributed by atoms with Gasteiger partial charge in [-0.3, -0.25) is 10.1 Å². The molecule has 0 spiro atoms. The summed E-state index contributed by atoms with van der Waals surface area (Å²) >= 11 is 0. The SMILES string of the molecule is CCOC(=O)c1c(-c2ccccc2)nc2ccc([N+](=O)[O-])cc2c1-c1ccccc1. The van der Waals surface area contributed by atoms with Gasteiger partial charge in [-0.05, 0) is 18.6 Å². The third-order valence-electron chi connectivity index (χ3n) is 4.77. The Morgan fingerprint density at radius 3 is 2.20 bits per heavy atom. The first kappa shape index (κ1) is 19.3. The fourth-order valence-corrected chi connectivity index (χ4v) is 3.48. The summed E-state index contributed by atoms with van der Waals surface area (Å²) < 4.78 is 5.37. The zero-order valence-electron chi connectivity index (χ0n) is 16.2. The van der Waals surface area contributed by atoms with Crippen LogP contribution in [-0.2, 0) is 4.74 Å². The topological polar surface area (TPSA) is 82.3 Å². The van der Waals surface area contributed by atoms with Crippen LogP contribution in [0.25, 0.3) is 33.3 Å². The number of non-ortho nitro benzene ring substituents is 1. The highest BCUT2D eigenvalue weighted by atomic mass is 16.6. The van der Waals surface area contributed by atoms with Crippen LogP contribution in [0.5, 0.6) is 0 Å². The van der Waals surface area contributed by atoms with Crippen LogP contribution in [0.4, 0.5) is 5.69 Å². The highest BCUT2D eigenvalue weighted by Crippen LogP contribution is 2.38. The van der Waals surface area contributed by atoms with Gasteiger partial charge in [-0.2, -0.15) is 0 Å². The van der Waals surface area contributed by atoms with Crippen molar-refractivity contribution in [2.45, 2.75) is 6.92 Å². The van der Waals surface area contributed by atoms with Crippen LogP contribution < -0.4 is 0 Å². The number of nitro benzene ring substituents is 1. The van der Waals surface area contributed by atoms with Crippen molar-refractivity contribution < 1.29 is 14.5 Å². The number of rotatable bonds is 5. The number of hydrogen-bond acceptors (Lipinski definition) is 5. The molecule has 4 rings (SSSR count). The number of carbonyl (C=O) groups is 1. The van der Waals surface area contributed by atoms with Crippen molar-refractivity contribution in [2.75, 3.05) is 6.61 Å². The predicted molar refractivity (Wildman–Crippen MR) is 115 cm³/mol. The molecule has 0 N–H and O–H groups in total. The van der Waals surface area contributed by atoms with Gasteiger partial charge in [0, 0.05) is 28.6 Å². The summed E-state index contributed by atoms with van der Waals surface area (Å²) in [5.74, 6) is -0.517. The molecular weight excluding hydrogens is 380 g/mol. The van der Waals surface area contributed by atoms with Crippen LogP contribution in [-0.4, -0.2) is 22.5 Å². The van der Waals surface area contributed by atoms with Gasteiger partial charge in [0.1, 0.15) is 0 Å². The normalized spacial score (nSPS) is 10.7. The maximum atomic E-state index is 13.1. The molecule has 1 heterocycles. The van der Waals surface area contributed by atoms with E-state index in [-0.39, 0.29) is 12.3 Å². The van der Waals surface area contributed by atoms with Gasteiger partial charge in [-0.25, -0.2) is 9.78 Å². The molecular formula is C24H18N2O4. The minimum atomic E-state index is -0.517. The number of esters is 1. The van der Waals surface area contributed by atoms with Gasteiger partial charge in [0.2, 0.25) is 0 Å². The zero-order chi connectivity index (χ0) is 21.1. The second-order valence-electron chi connectivity index (χ2n) is 6.62. The van der Waals surface area contributed by atoms with E-state index in [1.54, 1.807) is 13.0 Å². The lowest BCUT2D eigenvalue weighted by Gasteiger charge is -2.17. The molecule has 6 nitrogen and oxygen atoms in total. The molecule has 0 bridgehead atoms. The van der Waals surface area contributed by atoms with Gasteiger partial charge in [0.15, 0.2) is 0 Å². The first-order chi connectivity index (χ1) is 14.6. The molecule has 0 unspecified atom stereocenters. The molecule has 0 amide bonds. The maximum absolute atomic E-state index is 13.1. The van der Waals surface area contributed by atoms with E-state index in [0.29, 0.717) is 27.7 Å². The van der Waals surface area contributed by atoms with Crippen LogP contribution in [0.1, 0.15) is 17.3 Å². The van der Waals surface area contributed by atoms with Crippen LogP contribution >= 0.6 is 0 Å². The fourth-order valence-electron chi connectivity index (χ4n) is 3.48. The summed E-state index contributed by atoms with van der Waals surface area (Å²) in [6.45, 7) is 1.94. The van der Waals surface area contributed by atoms with Crippen molar-refractivity contribution in [3.05, 3.63) is 94.5 Å². The fraction of sp³-hybridized carbons (Fsp3) is 0.0833. The third kappa shape index (κ3) is 3.51. The average molecular weight is 398 g/mol. The lowest BCUT2D eigenvalue weighted by molar-refractivity contribution is -0.384. The quantitative estimate of drug-likeness (QED) is 0.246. The Balaban J connectivity index is 2.17. The number of ether oxygens (including phenoxy) is 1. The summed E-state index contributed by atoms with van der Waals surface area (Å²) in [7, 11) is 0. The largest absolute Gasteiger partial charge is 0.462 e. The Labute approximate surface area is 172 Å². The zero-order valence-corrected chi connectivity index (χ0v) is 16.2. The highest BCUT2D eigenvalue weighted by Gasteiger charge is 2.25. The smallest absolute Gasteiger partial charge is 0.341 e. The second-order valence-corrected chi connectivity index (χ2v) is 6.62. The molecule has 0 aliphatic rings. The van der Waals surface area contributed by atoms with E-state index in [4.69, 9.17) is 9.72 Å². The Hall–Kier alpha value is -4.06. The molecule has 4 aromatic rings. The van der Waals surface area contributed by atoms with E-state index >= 15 is 0 Å². The molecule has 0 radical (unpaired) electrons. The van der Waals surface area contributed by atoms with Crippen molar-refractivity contribution in [3.63, 3.8) is 0 Å². The molecule has 0 aliphatic heterocycles. The van der Waals surface area contributed by atoms with Crippen LogP contribution in [0.2, 0.25) is 0 Å². The number of nitrogens with zero attached hydrogens (tertiary/aromatic N) is 2. The van der Waals surface area contributed by atoms with Crippen LogP contribution in [0.15, 0.2) is 78.9 Å². The highest BCUT2D eigenvalue weighted by molar-refractivity contribution is 6.11. The van der Waals surface area contributed by atoms with Crippen LogP contribution in [0.3, 0.4) is 0 Å². The standard InChI is InChI=1S/C24H18N2O4/c1-2-30-24(27)22-21(16-9-5-3-6-10-16)19-15-18(26(28)29)13-14-20(19)25-23(22)17-11-7-4-8-12-17/h3-15H,2H2,1H3. The van der Waals surface area contributed by atoms with Crippen LogP contribution in [0, 0.1) is 10.1 Å². The molecule has 3 aromatic carbocycles. The lowest BCUT2D eigenvalue weighted by Crippen LogP contribution is -2.11. The summed E-state index contributed by atoms with van der Waals surface area (Å²) in [6.07, 6.45) is 0. The molecule has 6 heteroatoms. The molecule has 0 fully saturated rings. The van der Waals surface area contributed by atoms with Crippen molar-refractivity contribution in [1.82, 2.24) is 4.98 Å². The number of aromatic nitrogens is 1. The predicted octanol–water partition coefficient (Wildman–Crippen LogP) is 5.65. The minimum Gasteiger partial charge on any atom is -0.462 e. The van der Waals surface area contributed by atoms with Gasteiger partial charge in [0.25, 0.3) is 5.69 Å². The minimum absolute atomic E-state index is 0.0660. The monoisotopic (exact) mass is 398 g/mol. The third-order valence-corrected chi connectivity index (χ3v) is 4.77. The van der Waals surface area contributed by atoms with Crippen molar-refractivity contribution in [1.29, 1.82) is 0 Å². The van der Waals surface area contributed by atoms with E-state index in [2.05, 4.69) is 0 Å². The molecule has 0 aliphatic carbocycles.